The topological polar surface area (TPSA) is 69.0 Å². The van der Waals surface area contributed by atoms with Gasteiger partial charge in [0.25, 0.3) is 5.91 Å². The van der Waals surface area contributed by atoms with Gasteiger partial charge < -0.3 is 10.1 Å². The van der Waals surface area contributed by atoms with E-state index in [1.165, 1.54) is 23.1 Å². The second-order valence-electron chi connectivity index (χ2n) is 6.18. The predicted molar refractivity (Wildman–Crippen MR) is 86.5 cm³/mol. The third-order valence-electron chi connectivity index (χ3n) is 4.69. The van der Waals surface area contributed by atoms with Gasteiger partial charge in [0.15, 0.2) is 5.69 Å². The van der Waals surface area contributed by atoms with Crippen LogP contribution in [-0.4, -0.2) is 34.6 Å². The number of rotatable bonds is 5. The van der Waals surface area contributed by atoms with Crippen LogP contribution in [0.3, 0.4) is 0 Å². The minimum atomic E-state index is -0.169. The molecule has 6 nitrogen and oxygen atoms in total. The lowest BCUT2D eigenvalue weighted by Gasteiger charge is -2.30. The van der Waals surface area contributed by atoms with Crippen molar-refractivity contribution in [1.82, 2.24) is 20.3 Å². The lowest BCUT2D eigenvalue weighted by Crippen LogP contribution is -2.39. The zero-order chi connectivity index (χ0) is 16.3. The molecular weight excluding hydrogens is 292 g/mol. The molecule has 0 atom stereocenters. The Bertz CT molecular complexity index is 672. The van der Waals surface area contributed by atoms with Crippen molar-refractivity contribution in [3.05, 3.63) is 41.7 Å². The number of aryl methyl sites for hydroxylation is 1. The summed E-state index contributed by atoms with van der Waals surface area (Å²) < 4.78 is 6.77. The molecule has 1 N–H and O–H groups in total. The molecule has 0 spiro atoms. The highest BCUT2D eigenvalue weighted by atomic mass is 16.5. The van der Waals surface area contributed by atoms with Crippen LogP contribution in [0.2, 0.25) is 0 Å². The molecule has 1 amide bonds. The van der Waals surface area contributed by atoms with Gasteiger partial charge >= 0.3 is 0 Å². The zero-order valence-corrected chi connectivity index (χ0v) is 13.6. The van der Waals surface area contributed by atoms with Gasteiger partial charge in [-0.2, -0.15) is 0 Å². The van der Waals surface area contributed by atoms with Crippen LogP contribution >= 0.6 is 0 Å². The number of hydrogen-bond donors (Lipinski definition) is 1. The molecule has 0 aliphatic heterocycles. The first-order chi connectivity index (χ1) is 11.1. The molecule has 1 aliphatic carbocycles. The van der Waals surface area contributed by atoms with Crippen LogP contribution < -0.4 is 10.1 Å². The van der Waals surface area contributed by atoms with Crippen LogP contribution in [0.1, 0.15) is 41.7 Å². The van der Waals surface area contributed by atoms with Crippen LogP contribution in [0.25, 0.3) is 0 Å². The summed E-state index contributed by atoms with van der Waals surface area (Å²) in [5.74, 6) is 0.684. The van der Waals surface area contributed by atoms with Gasteiger partial charge in [-0.1, -0.05) is 30.2 Å². The Kier molecular flexibility index (Phi) is 4.32. The normalized spacial score (nSPS) is 16.3. The second-order valence-corrected chi connectivity index (χ2v) is 6.18. The molecule has 0 radical (unpaired) electrons. The molecule has 6 heteroatoms. The van der Waals surface area contributed by atoms with Gasteiger partial charge in [-0.25, -0.2) is 0 Å². The number of nitrogens with zero attached hydrogens (tertiary/aromatic N) is 3. The van der Waals surface area contributed by atoms with E-state index >= 15 is 0 Å². The van der Waals surface area contributed by atoms with Gasteiger partial charge in [-0.15, -0.1) is 5.10 Å². The van der Waals surface area contributed by atoms with Gasteiger partial charge in [0, 0.05) is 19.0 Å². The predicted octanol–water partition coefficient (Wildman–Crippen LogP) is 2.07. The number of ether oxygens (including phenoxy) is 1. The first-order valence-corrected chi connectivity index (χ1v) is 7.92. The Morgan fingerprint density at radius 1 is 1.30 bits per heavy atom. The highest BCUT2D eigenvalue weighted by molar-refractivity contribution is 5.91. The van der Waals surface area contributed by atoms with Crippen molar-refractivity contribution in [2.45, 2.75) is 31.1 Å². The van der Waals surface area contributed by atoms with Crippen LogP contribution in [0, 0.1) is 0 Å². The molecule has 23 heavy (non-hydrogen) atoms. The lowest BCUT2D eigenvalue weighted by molar-refractivity contribution is 0.0938. The van der Waals surface area contributed by atoms with Crippen LogP contribution in [-0.2, 0) is 12.5 Å². The SMILES string of the molecule is COc1ccc(C2(CNC(=O)c3cn(C)nn3)CCCC2)cc1. The minimum absolute atomic E-state index is 0.00411. The van der Waals surface area contributed by atoms with E-state index in [9.17, 15) is 4.79 Å². The van der Waals surface area contributed by atoms with Crippen molar-refractivity contribution in [3.8, 4) is 5.75 Å². The van der Waals surface area contributed by atoms with Crippen LogP contribution in [0.5, 0.6) is 5.75 Å². The Hall–Kier alpha value is -2.37. The zero-order valence-electron chi connectivity index (χ0n) is 13.6. The van der Waals surface area contributed by atoms with E-state index in [-0.39, 0.29) is 11.3 Å². The fraction of sp³-hybridized carbons (Fsp3) is 0.471. The van der Waals surface area contributed by atoms with Crippen molar-refractivity contribution >= 4 is 5.91 Å². The average molecular weight is 314 g/mol. The van der Waals surface area contributed by atoms with Gasteiger partial charge in [-0.3, -0.25) is 9.48 Å². The molecule has 0 bridgehead atoms. The maximum atomic E-state index is 12.2. The van der Waals surface area contributed by atoms with Crippen LogP contribution in [0.15, 0.2) is 30.5 Å². The van der Waals surface area contributed by atoms with Crippen molar-refractivity contribution in [2.75, 3.05) is 13.7 Å². The number of carbonyl (C=O) groups is 1. The minimum Gasteiger partial charge on any atom is -0.497 e. The monoisotopic (exact) mass is 314 g/mol. The molecule has 1 aromatic heterocycles. The molecule has 122 valence electrons. The van der Waals surface area contributed by atoms with E-state index in [2.05, 4.69) is 27.8 Å². The van der Waals surface area contributed by atoms with Crippen molar-refractivity contribution < 1.29 is 9.53 Å². The van der Waals surface area contributed by atoms with E-state index < -0.39 is 0 Å². The first-order valence-electron chi connectivity index (χ1n) is 7.92. The Morgan fingerprint density at radius 2 is 2.00 bits per heavy atom. The maximum absolute atomic E-state index is 12.2. The quantitative estimate of drug-likeness (QED) is 0.917. The lowest BCUT2D eigenvalue weighted by atomic mass is 9.78. The van der Waals surface area contributed by atoms with Crippen LogP contribution in [0.4, 0.5) is 0 Å². The molecule has 1 heterocycles. The standard InChI is InChI=1S/C17H22N4O2/c1-21-11-15(19-20-21)16(22)18-12-17(9-3-4-10-17)13-5-7-14(23-2)8-6-13/h5-8,11H,3-4,9-10,12H2,1-2H3,(H,18,22). The van der Waals surface area contributed by atoms with E-state index in [0.717, 1.165) is 18.6 Å². The van der Waals surface area contributed by atoms with Gasteiger partial charge in [0.1, 0.15) is 5.75 Å². The third-order valence-corrected chi connectivity index (χ3v) is 4.69. The average Bonchev–Trinajstić information content (AvgIpc) is 3.23. The van der Waals surface area contributed by atoms with E-state index in [1.807, 2.05) is 12.1 Å². The Labute approximate surface area is 135 Å². The maximum Gasteiger partial charge on any atom is 0.273 e. The van der Waals surface area contributed by atoms with Crippen molar-refractivity contribution in [2.24, 2.45) is 7.05 Å². The van der Waals surface area contributed by atoms with Gasteiger partial charge in [0.05, 0.1) is 13.3 Å². The largest absolute Gasteiger partial charge is 0.497 e. The van der Waals surface area contributed by atoms with Gasteiger partial charge in [0.2, 0.25) is 0 Å². The molecule has 0 unspecified atom stereocenters. The van der Waals surface area contributed by atoms with E-state index in [1.54, 1.807) is 20.4 Å². The highest BCUT2D eigenvalue weighted by Crippen LogP contribution is 2.41. The first kappa shape index (κ1) is 15.5. The number of amides is 1. The summed E-state index contributed by atoms with van der Waals surface area (Å²) in [4.78, 5) is 12.2. The highest BCUT2D eigenvalue weighted by Gasteiger charge is 2.36. The summed E-state index contributed by atoms with van der Waals surface area (Å²) in [5.41, 5.74) is 1.62. The molecular formula is C17H22N4O2. The third kappa shape index (κ3) is 3.21. The van der Waals surface area contributed by atoms with E-state index in [4.69, 9.17) is 4.74 Å². The smallest absolute Gasteiger partial charge is 0.273 e. The Morgan fingerprint density at radius 3 is 2.57 bits per heavy atom. The molecule has 1 aliphatic rings. The fourth-order valence-corrected chi connectivity index (χ4v) is 3.36. The molecule has 1 fully saturated rings. The summed E-state index contributed by atoms with van der Waals surface area (Å²) in [5, 5.41) is 10.7. The number of methoxy groups -OCH3 is 1. The fourth-order valence-electron chi connectivity index (χ4n) is 3.36. The number of aromatic nitrogens is 3. The summed E-state index contributed by atoms with van der Waals surface area (Å²) in [6, 6.07) is 8.19. The summed E-state index contributed by atoms with van der Waals surface area (Å²) >= 11 is 0. The summed E-state index contributed by atoms with van der Waals surface area (Å²) in [7, 11) is 3.42. The number of hydrogen-bond acceptors (Lipinski definition) is 4. The summed E-state index contributed by atoms with van der Waals surface area (Å²) in [6.45, 7) is 0.620. The van der Waals surface area contributed by atoms with Crippen molar-refractivity contribution in [1.29, 1.82) is 0 Å². The second kappa shape index (κ2) is 6.40. The van der Waals surface area contributed by atoms with E-state index in [0.29, 0.717) is 12.2 Å². The molecule has 1 saturated carbocycles. The molecule has 2 aromatic rings. The van der Waals surface area contributed by atoms with Crippen molar-refractivity contribution in [3.63, 3.8) is 0 Å². The Balaban J connectivity index is 1.74. The number of benzene rings is 1. The van der Waals surface area contributed by atoms with Gasteiger partial charge in [-0.05, 0) is 30.5 Å². The summed E-state index contributed by atoms with van der Waals surface area (Å²) in [6.07, 6.45) is 6.17. The number of carbonyl (C=O) groups excluding carboxylic acids is 1. The molecule has 1 aromatic carbocycles. The number of nitrogens with one attached hydrogen (secondary N) is 1. The molecule has 0 saturated heterocycles. The molecule has 3 rings (SSSR count).